The van der Waals surface area contributed by atoms with Crippen LogP contribution < -0.4 is 16.6 Å². The molecule has 2 aromatic heterocycles. The van der Waals surface area contributed by atoms with E-state index >= 15 is 0 Å². The molecule has 1 unspecified atom stereocenters. The van der Waals surface area contributed by atoms with Crippen LogP contribution in [-0.2, 0) is 34.5 Å². The molecule has 0 aliphatic heterocycles. The lowest BCUT2D eigenvalue weighted by Crippen LogP contribution is -2.34. The lowest BCUT2D eigenvalue weighted by Gasteiger charge is -2.13. The molecule has 0 fully saturated rings. The second kappa shape index (κ2) is 10.1. The van der Waals surface area contributed by atoms with Gasteiger partial charge in [-0.05, 0) is 44.5 Å². The molecule has 1 atom stereocenters. The molecule has 0 aliphatic rings. The Balaban J connectivity index is 1.50. The highest BCUT2D eigenvalue weighted by Gasteiger charge is 2.24. The van der Waals surface area contributed by atoms with Crippen molar-refractivity contribution < 1.29 is 14.3 Å². The van der Waals surface area contributed by atoms with E-state index in [0.717, 1.165) is 11.9 Å². The van der Waals surface area contributed by atoms with Crippen molar-refractivity contribution in [2.75, 3.05) is 5.32 Å². The molecule has 0 aliphatic carbocycles. The number of hydrogen-bond acceptors (Lipinski definition) is 5. The molecule has 0 bridgehead atoms. The van der Waals surface area contributed by atoms with Crippen LogP contribution in [0, 0.1) is 6.92 Å². The zero-order valence-corrected chi connectivity index (χ0v) is 20.7. The number of carbonyl (C=O) groups excluding carboxylic acids is 2. The van der Waals surface area contributed by atoms with Gasteiger partial charge in [-0.25, -0.2) is 9.48 Å². The molecule has 4 rings (SSSR count). The normalized spacial score (nSPS) is 12.0. The van der Waals surface area contributed by atoms with Crippen LogP contribution in [0.2, 0.25) is 0 Å². The number of fused-ring (bicyclic) bond motifs is 1. The molecule has 188 valence electrons. The summed E-state index contributed by atoms with van der Waals surface area (Å²) >= 11 is 0. The van der Waals surface area contributed by atoms with Crippen molar-refractivity contribution in [2.45, 2.75) is 46.4 Å². The predicted molar refractivity (Wildman–Crippen MR) is 136 cm³/mol. The third-order valence-electron chi connectivity index (χ3n) is 6.14. The van der Waals surface area contributed by atoms with Crippen molar-refractivity contribution in [3.05, 3.63) is 81.1 Å². The van der Waals surface area contributed by atoms with Gasteiger partial charge in [0.05, 0.1) is 22.4 Å². The monoisotopic (exact) mass is 491 g/mol. The zero-order chi connectivity index (χ0) is 26.0. The van der Waals surface area contributed by atoms with Crippen molar-refractivity contribution >= 4 is 28.6 Å². The topological polar surface area (TPSA) is 109 Å². The molecular formula is C26H29N5O5. The number of imidazole rings is 1. The number of para-hydroxylation sites is 3. The third kappa shape index (κ3) is 4.49. The summed E-state index contributed by atoms with van der Waals surface area (Å²) < 4.78 is 11.4. The van der Waals surface area contributed by atoms with Gasteiger partial charge in [-0.3, -0.25) is 28.2 Å². The van der Waals surface area contributed by atoms with Gasteiger partial charge < -0.3 is 10.1 Å². The van der Waals surface area contributed by atoms with E-state index in [1.165, 1.54) is 16.2 Å². The fraction of sp³-hybridized carbons (Fsp3) is 0.308. The summed E-state index contributed by atoms with van der Waals surface area (Å²) in [7, 11) is 1.72. The average molecular weight is 492 g/mol. The Hall–Kier alpha value is -4.34. The summed E-state index contributed by atoms with van der Waals surface area (Å²) in [5.74, 6) is -1.37. The number of anilines is 1. The molecule has 0 spiro atoms. The highest BCUT2D eigenvalue weighted by Crippen LogP contribution is 2.16. The van der Waals surface area contributed by atoms with E-state index < -0.39 is 23.5 Å². The third-order valence-corrected chi connectivity index (χ3v) is 6.14. The van der Waals surface area contributed by atoms with Crippen molar-refractivity contribution in [3.63, 3.8) is 0 Å². The van der Waals surface area contributed by atoms with Gasteiger partial charge in [-0.1, -0.05) is 37.3 Å². The number of nitrogens with one attached hydrogen (secondary N) is 1. The van der Waals surface area contributed by atoms with Gasteiger partial charge in [-0.15, -0.1) is 0 Å². The van der Waals surface area contributed by atoms with Gasteiger partial charge in [0.1, 0.15) is 12.2 Å². The summed E-state index contributed by atoms with van der Waals surface area (Å²) in [4.78, 5) is 51.4. The van der Waals surface area contributed by atoms with Crippen molar-refractivity contribution in [2.24, 2.45) is 7.05 Å². The Morgan fingerprint density at radius 3 is 2.22 bits per heavy atom. The van der Waals surface area contributed by atoms with Crippen molar-refractivity contribution in [1.29, 1.82) is 0 Å². The Kier molecular flexibility index (Phi) is 6.96. The molecule has 0 saturated carbocycles. The first-order chi connectivity index (χ1) is 17.2. The summed E-state index contributed by atoms with van der Waals surface area (Å²) in [5.41, 5.74) is 1.94. The number of aromatic nitrogens is 4. The van der Waals surface area contributed by atoms with Gasteiger partial charge in [0.2, 0.25) is 0 Å². The fourth-order valence-corrected chi connectivity index (χ4v) is 4.22. The molecule has 10 nitrogen and oxygen atoms in total. The van der Waals surface area contributed by atoms with E-state index in [0.29, 0.717) is 23.4 Å². The number of aryl methyl sites for hydroxylation is 1. The molecule has 1 N–H and O–H groups in total. The number of hydrogen-bond donors (Lipinski definition) is 1. The number of carbonyl (C=O) groups is 2. The van der Waals surface area contributed by atoms with Crippen LogP contribution in [0.25, 0.3) is 16.7 Å². The second-order valence-corrected chi connectivity index (χ2v) is 8.57. The van der Waals surface area contributed by atoms with E-state index in [4.69, 9.17) is 4.74 Å². The molecule has 1 amide bonds. The van der Waals surface area contributed by atoms with Gasteiger partial charge in [0, 0.05) is 13.6 Å². The first-order valence-corrected chi connectivity index (χ1v) is 11.8. The predicted octanol–water partition coefficient (Wildman–Crippen LogP) is 2.58. The molecular weight excluding hydrogens is 462 g/mol. The minimum absolute atomic E-state index is 0.105. The quantitative estimate of drug-likeness (QED) is 0.381. The number of rotatable bonds is 8. The molecule has 10 heteroatoms. The fourth-order valence-electron chi connectivity index (χ4n) is 4.22. The number of esters is 1. The van der Waals surface area contributed by atoms with Gasteiger partial charge >= 0.3 is 11.7 Å². The maximum atomic E-state index is 13.0. The average Bonchev–Trinajstić information content (AvgIpc) is 3.25. The molecule has 2 aromatic carbocycles. The summed E-state index contributed by atoms with van der Waals surface area (Å²) in [6.45, 7) is 5.29. The molecule has 0 radical (unpaired) electrons. The van der Waals surface area contributed by atoms with E-state index in [2.05, 4.69) is 5.32 Å². The van der Waals surface area contributed by atoms with Crippen LogP contribution in [0.4, 0.5) is 5.69 Å². The number of benzene rings is 2. The Bertz CT molecular complexity index is 1540. The minimum atomic E-state index is -1.18. The van der Waals surface area contributed by atoms with E-state index in [-0.39, 0.29) is 17.9 Å². The van der Waals surface area contributed by atoms with Gasteiger partial charge in [-0.2, -0.15) is 0 Å². The van der Waals surface area contributed by atoms with E-state index in [1.807, 2.05) is 37.3 Å². The maximum absolute atomic E-state index is 13.0. The van der Waals surface area contributed by atoms with E-state index in [1.54, 1.807) is 47.5 Å². The summed E-state index contributed by atoms with van der Waals surface area (Å²) in [5, 5.41) is 2.60. The lowest BCUT2D eigenvalue weighted by atomic mass is 10.3. The van der Waals surface area contributed by atoms with Crippen molar-refractivity contribution in [1.82, 2.24) is 18.5 Å². The Labute approximate surface area is 207 Å². The summed E-state index contributed by atoms with van der Waals surface area (Å²) in [6.07, 6.45) is -0.415. The van der Waals surface area contributed by atoms with Crippen molar-refractivity contribution in [3.8, 4) is 5.69 Å². The van der Waals surface area contributed by atoms with Crippen LogP contribution in [0.15, 0.2) is 64.2 Å². The second-order valence-electron chi connectivity index (χ2n) is 8.57. The largest absolute Gasteiger partial charge is 0.451 e. The first kappa shape index (κ1) is 24.8. The van der Waals surface area contributed by atoms with Crippen LogP contribution in [0.5, 0.6) is 0 Å². The molecule has 36 heavy (non-hydrogen) atoms. The zero-order valence-electron chi connectivity index (χ0n) is 20.7. The van der Waals surface area contributed by atoms with Crippen LogP contribution >= 0.6 is 0 Å². The van der Waals surface area contributed by atoms with Crippen LogP contribution in [0.1, 0.15) is 26.0 Å². The Morgan fingerprint density at radius 1 is 0.972 bits per heavy atom. The van der Waals surface area contributed by atoms with Crippen LogP contribution in [-0.4, -0.2) is 36.5 Å². The number of amides is 1. The molecule has 4 aromatic rings. The maximum Gasteiger partial charge on any atom is 0.329 e. The molecule has 0 saturated heterocycles. The van der Waals surface area contributed by atoms with Crippen LogP contribution in [0.3, 0.4) is 0 Å². The SMILES string of the molecule is CCCn1c(=O)n(CC(=O)OC(C)C(=O)Nc2c(C)n(C)n(-c3ccccc3)c2=O)c2ccccc21. The highest BCUT2D eigenvalue weighted by molar-refractivity contribution is 5.95. The molecule has 2 heterocycles. The minimum Gasteiger partial charge on any atom is -0.451 e. The number of ether oxygens (including phenoxy) is 1. The Morgan fingerprint density at radius 2 is 1.58 bits per heavy atom. The number of nitrogens with zero attached hydrogens (tertiary/aromatic N) is 4. The smallest absolute Gasteiger partial charge is 0.329 e. The standard InChI is InChI=1S/C26H29N5O5/c1-5-15-29-20-13-9-10-14-21(20)30(26(29)35)16-22(32)36-18(3)24(33)27-23-17(2)28(4)31(25(23)34)19-11-7-6-8-12-19/h6-14,18H,5,15-16H2,1-4H3,(H,27,33). The summed E-state index contributed by atoms with van der Waals surface area (Å²) in [6, 6.07) is 16.3. The highest BCUT2D eigenvalue weighted by atomic mass is 16.5. The first-order valence-electron chi connectivity index (χ1n) is 11.8. The van der Waals surface area contributed by atoms with Gasteiger partial charge in [0.25, 0.3) is 11.5 Å². The lowest BCUT2D eigenvalue weighted by molar-refractivity contribution is -0.153. The van der Waals surface area contributed by atoms with Gasteiger partial charge in [0.15, 0.2) is 6.10 Å². The van der Waals surface area contributed by atoms with E-state index in [9.17, 15) is 19.2 Å².